The third-order valence-corrected chi connectivity index (χ3v) is 4.79. The minimum atomic E-state index is -0.541. The molecule has 2 amide bonds. The number of carbonyl (C=O) groups is 2. The summed E-state index contributed by atoms with van der Waals surface area (Å²) in [5, 5.41) is 1.93. The predicted octanol–water partition coefficient (Wildman–Crippen LogP) is 3.15. The molecule has 0 radical (unpaired) electrons. The van der Waals surface area contributed by atoms with Crippen LogP contribution in [0.15, 0.2) is 30.3 Å². The van der Waals surface area contributed by atoms with Crippen molar-refractivity contribution in [2.75, 3.05) is 19.7 Å². The average molecular weight is 346 g/mol. The van der Waals surface area contributed by atoms with Crippen molar-refractivity contribution in [2.24, 2.45) is 5.92 Å². The van der Waals surface area contributed by atoms with Crippen LogP contribution in [0.25, 0.3) is 0 Å². The Hall–Kier alpha value is -1.92. The van der Waals surface area contributed by atoms with Gasteiger partial charge in [-0.25, -0.2) is 9.69 Å². The molecule has 0 aromatic heterocycles. The molecule has 2 heterocycles. The van der Waals surface area contributed by atoms with Crippen molar-refractivity contribution in [1.29, 1.82) is 0 Å². The summed E-state index contributed by atoms with van der Waals surface area (Å²) in [5.74, 6) is -0.590. The first-order valence-electron chi connectivity index (χ1n) is 9.13. The standard InChI is InChI=1S/C19H26N2O4/c1-3-8-15-16(18(22)20-12-13-24-19(20)23)17(21(25-15)11-4-2)14-9-6-5-7-10-14/h5-7,9-10,15-17H,3-4,8,11-13H2,1-2H3/t15-,16-,17-/m1/s1. The fourth-order valence-corrected chi connectivity index (χ4v) is 3.71. The van der Waals surface area contributed by atoms with Crippen molar-refractivity contribution in [3.05, 3.63) is 35.9 Å². The molecule has 0 aliphatic carbocycles. The van der Waals surface area contributed by atoms with Crippen LogP contribution < -0.4 is 0 Å². The second-order valence-electron chi connectivity index (χ2n) is 6.56. The van der Waals surface area contributed by atoms with Crippen LogP contribution in [0.5, 0.6) is 0 Å². The van der Waals surface area contributed by atoms with E-state index in [4.69, 9.17) is 9.57 Å². The minimum Gasteiger partial charge on any atom is -0.447 e. The first-order chi connectivity index (χ1) is 12.2. The van der Waals surface area contributed by atoms with Gasteiger partial charge in [-0.2, -0.15) is 5.06 Å². The topological polar surface area (TPSA) is 59.1 Å². The van der Waals surface area contributed by atoms with Gasteiger partial charge in [-0.05, 0) is 18.4 Å². The second-order valence-corrected chi connectivity index (χ2v) is 6.56. The van der Waals surface area contributed by atoms with E-state index < -0.39 is 12.0 Å². The van der Waals surface area contributed by atoms with Crippen LogP contribution in [0, 0.1) is 5.92 Å². The number of rotatable bonds is 6. The molecule has 6 heteroatoms. The SMILES string of the molecule is CCC[C@H]1ON(CCC)[C@H](c2ccccc2)[C@@H]1C(=O)N1CCOC1=O. The highest BCUT2D eigenvalue weighted by molar-refractivity contribution is 5.95. The van der Waals surface area contributed by atoms with Crippen LogP contribution >= 0.6 is 0 Å². The van der Waals surface area contributed by atoms with E-state index in [2.05, 4.69) is 13.8 Å². The third kappa shape index (κ3) is 3.55. The van der Waals surface area contributed by atoms with E-state index >= 15 is 0 Å². The van der Waals surface area contributed by atoms with Gasteiger partial charge in [0.25, 0.3) is 0 Å². The summed E-state index contributed by atoms with van der Waals surface area (Å²) in [6.07, 6.45) is 1.86. The lowest BCUT2D eigenvalue weighted by Crippen LogP contribution is -2.42. The Kier molecular flexibility index (Phi) is 5.71. The van der Waals surface area contributed by atoms with Crippen molar-refractivity contribution in [1.82, 2.24) is 9.96 Å². The summed E-state index contributed by atoms with van der Waals surface area (Å²) < 4.78 is 4.97. The van der Waals surface area contributed by atoms with Crippen LogP contribution in [-0.4, -0.2) is 47.8 Å². The summed E-state index contributed by atoms with van der Waals surface area (Å²) in [4.78, 5) is 32.5. The van der Waals surface area contributed by atoms with E-state index in [1.54, 1.807) is 0 Å². The van der Waals surface area contributed by atoms with Crippen molar-refractivity contribution in [3.63, 3.8) is 0 Å². The van der Waals surface area contributed by atoms with Gasteiger partial charge >= 0.3 is 6.09 Å². The highest BCUT2D eigenvalue weighted by Gasteiger charge is 2.50. The minimum absolute atomic E-state index is 0.182. The third-order valence-electron chi connectivity index (χ3n) is 4.79. The summed E-state index contributed by atoms with van der Waals surface area (Å²) in [6, 6.07) is 9.76. The largest absolute Gasteiger partial charge is 0.447 e. The molecule has 0 saturated carbocycles. The Morgan fingerprint density at radius 2 is 1.96 bits per heavy atom. The van der Waals surface area contributed by atoms with Crippen molar-refractivity contribution in [3.8, 4) is 0 Å². The van der Waals surface area contributed by atoms with E-state index in [1.807, 2.05) is 35.4 Å². The molecule has 3 rings (SSSR count). The Balaban J connectivity index is 1.95. The molecular formula is C19H26N2O4. The van der Waals surface area contributed by atoms with Crippen LogP contribution in [-0.2, 0) is 14.4 Å². The number of amides is 2. The van der Waals surface area contributed by atoms with Crippen LogP contribution in [0.3, 0.4) is 0 Å². The van der Waals surface area contributed by atoms with Crippen LogP contribution in [0.1, 0.15) is 44.7 Å². The quantitative estimate of drug-likeness (QED) is 0.792. The van der Waals surface area contributed by atoms with Crippen LogP contribution in [0.2, 0.25) is 0 Å². The average Bonchev–Trinajstić information content (AvgIpc) is 3.20. The molecule has 2 aliphatic heterocycles. The monoisotopic (exact) mass is 346 g/mol. The van der Waals surface area contributed by atoms with E-state index in [0.717, 1.165) is 31.4 Å². The molecular weight excluding hydrogens is 320 g/mol. The van der Waals surface area contributed by atoms with Gasteiger partial charge in [0, 0.05) is 6.54 Å². The maximum Gasteiger partial charge on any atom is 0.416 e. The number of cyclic esters (lactones) is 1. The highest BCUT2D eigenvalue weighted by Crippen LogP contribution is 2.42. The fraction of sp³-hybridized carbons (Fsp3) is 0.579. The lowest BCUT2D eigenvalue weighted by Gasteiger charge is -2.27. The molecule has 1 aromatic carbocycles. The van der Waals surface area contributed by atoms with Gasteiger partial charge in [-0.3, -0.25) is 9.63 Å². The highest BCUT2D eigenvalue weighted by atomic mass is 16.7. The van der Waals surface area contributed by atoms with Crippen molar-refractivity contribution in [2.45, 2.75) is 45.3 Å². The van der Waals surface area contributed by atoms with E-state index in [1.165, 1.54) is 4.90 Å². The van der Waals surface area contributed by atoms with E-state index in [9.17, 15) is 9.59 Å². The number of ether oxygens (including phenoxy) is 1. The maximum absolute atomic E-state index is 13.2. The molecule has 6 nitrogen and oxygen atoms in total. The molecule has 2 saturated heterocycles. The van der Waals surface area contributed by atoms with Crippen molar-refractivity contribution >= 4 is 12.0 Å². The lowest BCUT2D eigenvalue weighted by molar-refractivity contribution is -0.165. The first kappa shape index (κ1) is 17.9. The molecule has 0 N–H and O–H groups in total. The molecule has 1 aromatic rings. The van der Waals surface area contributed by atoms with Gasteiger partial charge < -0.3 is 4.74 Å². The zero-order valence-corrected chi connectivity index (χ0v) is 14.9. The molecule has 0 spiro atoms. The molecule has 136 valence electrons. The molecule has 0 bridgehead atoms. The zero-order valence-electron chi connectivity index (χ0n) is 14.9. The van der Waals surface area contributed by atoms with Gasteiger partial charge in [0.1, 0.15) is 6.61 Å². The number of benzene rings is 1. The van der Waals surface area contributed by atoms with E-state index in [-0.39, 0.29) is 24.7 Å². The molecule has 3 atom stereocenters. The number of hydrogen-bond donors (Lipinski definition) is 0. The Bertz CT molecular complexity index is 607. The molecule has 25 heavy (non-hydrogen) atoms. The fourth-order valence-electron chi connectivity index (χ4n) is 3.71. The zero-order chi connectivity index (χ0) is 17.8. The van der Waals surface area contributed by atoms with Gasteiger partial charge in [0.05, 0.1) is 24.6 Å². The Morgan fingerprint density at radius 3 is 2.56 bits per heavy atom. The first-order valence-corrected chi connectivity index (χ1v) is 9.13. The van der Waals surface area contributed by atoms with E-state index in [0.29, 0.717) is 6.54 Å². The summed E-state index contributed by atoms with van der Waals surface area (Å²) >= 11 is 0. The van der Waals surface area contributed by atoms with Gasteiger partial charge in [-0.1, -0.05) is 50.6 Å². The smallest absolute Gasteiger partial charge is 0.416 e. The Labute approximate surface area is 148 Å². The lowest BCUT2D eigenvalue weighted by atomic mass is 9.86. The number of imide groups is 1. The van der Waals surface area contributed by atoms with Gasteiger partial charge in [0.15, 0.2) is 0 Å². The summed E-state index contributed by atoms with van der Waals surface area (Å²) in [7, 11) is 0. The number of nitrogens with zero attached hydrogens (tertiary/aromatic N) is 2. The van der Waals surface area contributed by atoms with Gasteiger partial charge in [0.2, 0.25) is 5.91 Å². The summed E-state index contributed by atoms with van der Waals surface area (Å²) in [6.45, 7) is 5.50. The molecule has 2 aliphatic rings. The Morgan fingerprint density at radius 1 is 1.20 bits per heavy atom. The number of hydroxylamine groups is 2. The molecule has 0 unspecified atom stereocenters. The normalized spacial score (nSPS) is 26.9. The maximum atomic E-state index is 13.2. The van der Waals surface area contributed by atoms with Crippen LogP contribution in [0.4, 0.5) is 4.79 Å². The number of carbonyl (C=O) groups excluding carboxylic acids is 2. The summed E-state index contributed by atoms with van der Waals surface area (Å²) in [5.41, 5.74) is 1.04. The predicted molar refractivity (Wildman–Crippen MR) is 92.5 cm³/mol. The second kappa shape index (κ2) is 7.97. The van der Waals surface area contributed by atoms with Crippen molar-refractivity contribution < 1.29 is 19.2 Å². The molecule has 2 fully saturated rings. The van der Waals surface area contributed by atoms with Gasteiger partial charge in [-0.15, -0.1) is 0 Å². The number of hydrogen-bond acceptors (Lipinski definition) is 5.